The predicted octanol–water partition coefficient (Wildman–Crippen LogP) is 2.60. The van der Waals surface area contributed by atoms with Crippen LogP contribution >= 0.6 is 0 Å². The van der Waals surface area contributed by atoms with Crippen LogP contribution in [0.25, 0.3) is 0 Å². The number of ether oxygens (including phenoxy) is 1. The highest BCUT2D eigenvalue weighted by atomic mass is 16.5. The van der Waals surface area contributed by atoms with Crippen LogP contribution in [0.15, 0.2) is 0 Å². The molecule has 1 amide bonds. The summed E-state index contributed by atoms with van der Waals surface area (Å²) in [5.41, 5.74) is 0. The Hall–Kier alpha value is -0.650. The van der Waals surface area contributed by atoms with Crippen molar-refractivity contribution < 1.29 is 9.53 Å². The van der Waals surface area contributed by atoms with Gasteiger partial charge in [-0.2, -0.15) is 0 Å². The molecule has 0 aromatic carbocycles. The number of rotatable bonds is 8. The molecule has 1 saturated carbocycles. The molecule has 0 bridgehead atoms. The summed E-state index contributed by atoms with van der Waals surface area (Å²) in [7, 11) is 1.63. The van der Waals surface area contributed by atoms with Gasteiger partial charge in [-0.15, -0.1) is 0 Å². The van der Waals surface area contributed by atoms with Gasteiger partial charge < -0.3 is 19.4 Å². The van der Waals surface area contributed by atoms with Crippen molar-refractivity contribution in [1.29, 1.82) is 0 Å². The van der Waals surface area contributed by atoms with Crippen LogP contribution in [-0.4, -0.2) is 86.2 Å². The smallest absolute Gasteiger partial charge is 0.248 e. The molecule has 150 valence electrons. The summed E-state index contributed by atoms with van der Waals surface area (Å²) >= 11 is 0. The molecular formula is C21H39N3O2. The van der Waals surface area contributed by atoms with Crippen LogP contribution in [0.2, 0.25) is 0 Å². The molecule has 2 heterocycles. The summed E-state index contributed by atoms with van der Waals surface area (Å²) in [5, 5.41) is 0. The van der Waals surface area contributed by atoms with Gasteiger partial charge in [-0.05, 0) is 64.1 Å². The molecule has 0 aromatic heterocycles. The highest BCUT2D eigenvalue weighted by molar-refractivity contribution is 5.77. The molecule has 3 rings (SSSR count). The Balaban J connectivity index is 1.50. The number of hydrogen-bond donors (Lipinski definition) is 0. The van der Waals surface area contributed by atoms with E-state index in [1.54, 1.807) is 7.11 Å². The van der Waals surface area contributed by atoms with Crippen molar-refractivity contribution in [2.45, 2.75) is 63.8 Å². The molecule has 2 aliphatic heterocycles. The third kappa shape index (κ3) is 5.93. The maximum Gasteiger partial charge on any atom is 0.248 e. The van der Waals surface area contributed by atoms with Crippen molar-refractivity contribution in [1.82, 2.24) is 14.7 Å². The van der Waals surface area contributed by atoms with E-state index >= 15 is 0 Å². The van der Waals surface area contributed by atoms with Crippen LogP contribution in [0.1, 0.15) is 57.8 Å². The third-order valence-electron chi connectivity index (χ3n) is 6.63. The molecule has 0 N–H and O–H groups in total. The van der Waals surface area contributed by atoms with E-state index < -0.39 is 0 Å². The van der Waals surface area contributed by atoms with Crippen LogP contribution in [0.4, 0.5) is 0 Å². The Bertz CT molecular complexity index is 419. The zero-order valence-corrected chi connectivity index (χ0v) is 16.8. The molecule has 5 heteroatoms. The number of amides is 1. The third-order valence-corrected chi connectivity index (χ3v) is 6.63. The Morgan fingerprint density at radius 1 is 1.00 bits per heavy atom. The average molecular weight is 366 g/mol. The predicted molar refractivity (Wildman–Crippen MR) is 105 cm³/mol. The highest BCUT2D eigenvalue weighted by Gasteiger charge is 2.29. The Labute approximate surface area is 160 Å². The van der Waals surface area contributed by atoms with E-state index in [4.69, 9.17) is 4.74 Å². The zero-order valence-electron chi connectivity index (χ0n) is 16.8. The summed E-state index contributed by atoms with van der Waals surface area (Å²) in [6.45, 7) is 7.87. The largest absolute Gasteiger partial charge is 0.375 e. The second-order valence-electron chi connectivity index (χ2n) is 8.62. The van der Waals surface area contributed by atoms with Gasteiger partial charge in [0.25, 0.3) is 0 Å². The molecule has 26 heavy (non-hydrogen) atoms. The van der Waals surface area contributed by atoms with Crippen LogP contribution in [0, 0.1) is 5.92 Å². The molecule has 1 aliphatic carbocycles. The van der Waals surface area contributed by atoms with E-state index in [-0.39, 0.29) is 12.5 Å². The fraction of sp³-hybridized carbons (Fsp3) is 0.952. The minimum Gasteiger partial charge on any atom is -0.375 e. The zero-order chi connectivity index (χ0) is 18.2. The lowest BCUT2D eigenvalue weighted by molar-refractivity contribution is -0.136. The number of likely N-dealkylation sites (tertiary alicyclic amines) is 2. The standard InChI is InChI=1S/C21H39N3O2/c1-26-18-21(25)24(15-14-22-11-5-2-6-12-22)17-19-8-7-13-23(16-19)20-9-3-4-10-20/h19-20H,2-18H2,1H3/t19-/m1/s1. The van der Waals surface area contributed by atoms with Gasteiger partial charge in [-0.3, -0.25) is 4.79 Å². The van der Waals surface area contributed by atoms with E-state index in [1.807, 2.05) is 0 Å². The molecule has 0 spiro atoms. The second kappa shape index (κ2) is 10.6. The van der Waals surface area contributed by atoms with E-state index in [0.717, 1.165) is 25.7 Å². The molecule has 3 fully saturated rings. The van der Waals surface area contributed by atoms with E-state index in [9.17, 15) is 4.79 Å². The van der Waals surface area contributed by atoms with Crippen molar-refractivity contribution in [3.63, 3.8) is 0 Å². The van der Waals surface area contributed by atoms with Gasteiger partial charge in [0.2, 0.25) is 5.91 Å². The Morgan fingerprint density at radius 2 is 1.77 bits per heavy atom. The van der Waals surface area contributed by atoms with Gasteiger partial charge in [0.1, 0.15) is 6.61 Å². The molecule has 5 nitrogen and oxygen atoms in total. The summed E-state index contributed by atoms with van der Waals surface area (Å²) in [6.07, 6.45) is 12.1. The van der Waals surface area contributed by atoms with Crippen LogP contribution in [0.5, 0.6) is 0 Å². The van der Waals surface area contributed by atoms with Gasteiger partial charge in [0.15, 0.2) is 0 Å². The number of hydrogen-bond acceptors (Lipinski definition) is 4. The second-order valence-corrected chi connectivity index (χ2v) is 8.62. The number of nitrogens with zero attached hydrogens (tertiary/aromatic N) is 3. The van der Waals surface area contributed by atoms with E-state index in [2.05, 4.69) is 14.7 Å². The summed E-state index contributed by atoms with van der Waals surface area (Å²) in [6, 6.07) is 0.814. The van der Waals surface area contributed by atoms with Crippen molar-refractivity contribution in [2.75, 3.05) is 59.5 Å². The molecule has 1 atom stereocenters. The summed E-state index contributed by atoms with van der Waals surface area (Å²) < 4.78 is 5.15. The first-order chi connectivity index (χ1) is 12.8. The molecule has 2 saturated heterocycles. The summed E-state index contributed by atoms with van der Waals surface area (Å²) in [4.78, 5) is 20.0. The number of piperidine rings is 2. The molecule has 0 radical (unpaired) electrons. The minimum atomic E-state index is 0.169. The van der Waals surface area contributed by atoms with Gasteiger partial charge in [-0.25, -0.2) is 0 Å². The van der Waals surface area contributed by atoms with Gasteiger partial charge >= 0.3 is 0 Å². The summed E-state index contributed by atoms with van der Waals surface area (Å²) in [5.74, 6) is 0.800. The van der Waals surface area contributed by atoms with Crippen molar-refractivity contribution in [2.24, 2.45) is 5.92 Å². The lowest BCUT2D eigenvalue weighted by Gasteiger charge is -2.39. The first-order valence-corrected chi connectivity index (χ1v) is 11.0. The maximum absolute atomic E-state index is 12.6. The molecule has 3 aliphatic rings. The van der Waals surface area contributed by atoms with E-state index in [0.29, 0.717) is 5.92 Å². The quantitative estimate of drug-likeness (QED) is 0.662. The monoisotopic (exact) mass is 365 g/mol. The van der Waals surface area contributed by atoms with Gasteiger partial charge in [-0.1, -0.05) is 19.3 Å². The van der Waals surface area contributed by atoms with Gasteiger partial charge in [0, 0.05) is 39.3 Å². The molecule has 0 unspecified atom stereocenters. The van der Waals surface area contributed by atoms with E-state index in [1.165, 1.54) is 84.0 Å². The van der Waals surface area contributed by atoms with Crippen LogP contribution < -0.4 is 0 Å². The van der Waals surface area contributed by atoms with Crippen LogP contribution in [-0.2, 0) is 9.53 Å². The van der Waals surface area contributed by atoms with Gasteiger partial charge in [0.05, 0.1) is 0 Å². The maximum atomic E-state index is 12.6. The number of carbonyl (C=O) groups is 1. The lowest BCUT2D eigenvalue weighted by Crippen LogP contribution is -2.48. The Morgan fingerprint density at radius 3 is 2.50 bits per heavy atom. The Kier molecular flexibility index (Phi) is 8.21. The first kappa shape index (κ1) is 20.1. The fourth-order valence-corrected chi connectivity index (χ4v) is 5.14. The minimum absolute atomic E-state index is 0.169. The SMILES string of the molecule is COCC(=O)N(CCN1CCCCC1)C[C@@H]1CCCN(C2CCCC2)C1. The van der Waals surface area contributed by atoms with Crippen LogP contribution in [0.3, 0.4) is 0 Å². The number of carbonyl (C=O) groups excluding carboxylic acids is 1. The molecule has 0 aromatic rings. The molecular weight excluding hydrogens is 326 g/mol. The topological polar surface area (TPSA) is 36.0 Å². The normalized spacial score (nSPS) is 26.3. The fourth-order valence-electron chi connectivity index (χ4n) is 5.14. The van der Waals surface area contributed by atoms with Crippen molar-refractivity contribution >= 4 is 5.91 Å². The first-order valence-electron chi connectivity index (χ1n) is 11.0. The van der Waals surface area contributed by atoms with Crippen molar-refractivity contribution in [3.8, 4) is 0 Å². The van der Waals surface area contributed by atoms with Crippen molar-refractivity contribution in [3.05, 3.63) is 0 Å². The number of methoxy groups -OCH3 is 1. The average Bonchev–Trinajstić information content (AvgIpc) is 3.21. The highest BCUT2D eigenvalue weighted by Crippen LogP contribution is 2.28. The lowest BCUT2D eigenvalue weighted by atomic mass is 9.95.